The van der Waals surface area contributed by atoms with Gasteiger partial charge in [0, 0.05) is 6.54 Å². The fraction of sp³-hybridized carbons (Fsp3) is 0.667. The lowest BCUT2D eigenvalue weighted by Gasteiger charge is -2.31. The second kappa shape index (κ2) is 4.26. The van der Waals surface area contributed by atoms with Crippen molar-refractivity contribution < 1.29 is 9.90 Å². The van der Waals surface area contributed by atoms with Crippen LogP contribution in [-0.4, -0.2) is 35.1 Å². The van der Waals surface area contributed by atoms with Crippen LogP contribution < -0.4 is 0 Å². The van der Waals surface area contributed by atoms with E-state index < -0.39 is 5.97 Å². The average Bonchev–Trinajstić information content (AvgIpc) is 2.05. The molecule has 0 saturated carbocycles. The fourth-order valence-corrected chi connectivity index (χ4v) is 1.66. The van der Waals surface area contributed by atoms with Crippen molar-refractivity contribution in [1.29, 1.82) is 0 Å². The van der Waals surface area contributed by atoms with Gasteiger partial charge in [0.1, 0.15) is 6.04 Å². The number of carboxylic acids is 1. The van der Waals surface area contributed by atoms with Crippen molar-refractivity contribution in [3.8, 4) is 0 Å². The second-order valence-electron chi connectivity index (χ2n) is 3.13. The molecule has 1 rings (SSSR count). The smallest absolute Gasteiger partial charge is 0.320 e. The largest absolute Gasteiger partial charge is 0.480 e. The maximum absolute atomic E-state index is 10.8. The summed E-state index contributed by atoms with van der Waals surface area (Å²) >= 11 is 0. The average molecular weight is 169 g/mol. The van der Waals surface area contributed by atoms with Crippen LogP contribution in [0.15, 0.2) is 12.7 Å². The number of hydrogen-bond acceptors (Lipinski definition) is 2. The number of carbonyl (C=O) groups is 1. The normalized spacial score (nSPS) is 25.2. The zero-order valence-corrected chi connectivity index (χ0v) is 7.20. The Labute approximate surface area is 72.7 Å². The summed E-state index contributed by atoms with van der Waals surface area (Å²) in [6.07, 6.45) is 4.69. The minimum absolute atomic E-state index is 0.281. The highest BCUT2D eigenvalue weighted by Crippen LogP contribution is 2.16. The highest BCUT2D eigenvalue weighted by molar-refractivity contribution is 5.73. The maximum Gasteiger partial charge on any atom is 0.320 e. The molecule has 1 atom stereocenters. The highest BCUT2D eigenvalue weighted by Gasteiger charge is 2.26. The second-order valence-corrected chi connectivity index (χ2v) is 3.13. The number of hydrogen-bond donors (Lipinski definition) is 1. The van der Waals surface area contributed by atoms with Crippen molar-refractivity contribution >= 4 is 5.97 Å². The number of nitrogens with zero attached hydrogens (tertiary/aromatic N) is 1. The van der Waals surface area contributed by atoms with E-state index in [0.717, 1.165) is 25.8 Å². The van der Waals surface area contributed by atoms with E-state index in [0.29, 0.717) is 6.54 Å². The van der Waals surface area contributed by atoms with E-state index in [9.17, 15) is 4.79 Å². The van der Waals surface area contributed by atoms with Gasteiger partial charge in [0.05, 0.1) is 0 Å². The molecule has 0 aromatic heterocycles. The minimum Gasteiger partial charge on any atom is -0.480 e. The van der Waals surface area contributed by atoms with Crippen LogP contribution in [0.2, 0.25) is 0 Å². The van der Waals surface area contributed by atoms with Gasteiger partial charge in [-0.1, -0.05) is 12.5 Å². The number of likely N-dealkylation sites (tertiary alicyclic amines) is 1. The van der Waals surface area contributed by atoms with Gasteiger partial charge in [-0.3, -0.25) is 9.69 Å². The molecule has 1 heterocycles. The molecule has 1 N–H and O–H groups in total. The lowest BCUT2D eigenvalue weighted by Crippen LogP contribution is -2.44. The van der Waals surface area contributed by atoms with E-state index in [1.807, 2.05) is 4.90 Å². The Morgan fingerprint density at radius 1 is 1.67 bits per heavy atom. The SMILES string of the molecule is C=CCN1CCCCC1C(=O)O. The van der Waals surface area contributed by atoms with Gasteiger partial charge in [-0.05, 0) is 19.4 Å². The lowest BCUT2D eigenvalue weighted by molar-refractivity contribution is -0.144. The summed E-state index contributed by atoms with van der Waals surface area (Å²) in [5.74, 6) is -0.698. The van der Waals surface area contributed by atoms with Crippen molar-refractivity contribution in [2.75, 3.05) is 13.1 Å². The first-order chi connectivity index (χ1) is 5.75. The lowest BCUT2D eigenvalue weighted by atomic mass is 10.0. The molecule has 1 aliphatic heterocycles. The molecule has 0 radical (unpaired) electrons. The fourth-order valence-electron chi connectivity index (χ4n) is 1.66. The highest BCUT2D eigenvalue weighted by atomic mass is 16.4. The third kappa shape index (κ3) is 2.08. The molecule has 1 saturated heterocycles. The van der Waals surface area contributed by atoms with Gasteiger partial charge >= 0.3 is 5.97 Å². The van der Waals surface area contributed by atoms with Crippen LogP contribution in [0.4, 0.5) is 0 Å². The molecular formula is C9H15NO2. The van der Waals surface area contributed by atoms with Crippen molar-refractivity contribution in [2.45, 2.75) is 25.3 Å². The predicted octanol–water partition coefficient (Wildman–Crippen LogP) is 1.11. The summed E-state index contributed by atoms with van der Waals surface area (Å²) in [4.78, 5) is 12.7. The molecule has 3 nitrogen and oxygen atoms in total. The van der Waals surface area contributed by atoms with Gasteiger partial charge in [-0.2, -0.15) is 0 Å². The van der Waals surface area contributed by atoms with Crippen molar-refractivity contribution in [3.63, 3.8) is 0 Å². The molecule has 0 aromatic carbocycles. The Morgan fingerprint density at radius 3 is 3.00 bits per heavy atom. The van der Waals surface area contributed by atoms with E-state index in [1.54, 1.807) is 6.08 Å². The number of piperidine rings is 1. The van der Waals surface area contributed by atoms with Gasteiger partial charge < -0.3 is 5.11 Å². The predicted molar refractivity (Wildman–Crippen MR) is 47.0 cm³/mol. The van der Waals surface area contributed by atoms with Crippen LogP contribution in [0, 0.1) is 0 Å². The molecular weight excluding hydrogens is 154 g/mol. The molecule has 0 spiro atoms. The van der Waals surface area contributed by atoms with Gasteiger partial charge in [0.25, 0.3) is 0 Å². The molecule has 1 fully saturated rings. The van der Waals surface area contributed by atoms with Crippen molar-refractivity contribution in [3.05, 3.63) is 12.7 Å². The van der Waals surface area contributed by atoms with Gasteiger partial charge in [0.2, 0.25) is 0 Å². The summed E-state index contributed by atoms with van der Waals surface area (Å²) < 4.78 is 0. The first-order valence-corrected chi connectivity index (χ1v) is 4.33. The Balaban J connectivity index is 2.53. The van der Waals surface area contributed by atoms with E-state index in [4.69, 9.17) is 5.11 Å². The van der Waals surface area contributed by atoms with Crippen LogP contribution in [0.1, 0.15) is 19.3 Å². The van der Waals surface area contributed by atoms with E-state index in [2.05, 4.69) is 6.58 Å². The number of carboxylic acid groups (broad SMARTS) is 1. The van der Waals surface area contributed by atoms with Gasteiger partial charge in [-0.25, -0.2) is 0 Å². The zero-order valence-electron chi connectivity index (χ0n) is 7.20. The summed E-state index contributed by atoms with van der Waals surface area (Å²) in [5.41, 5.74) is 0. The minimum atomic E-state index is -0.698. The zero-order chi connectivity index (χ0) is 8.97. The maximum atomic E-state index is 10.8. The van der Waals surface area contributed by atoms with Gasteiger partial charge in [0.15, 0.2) is 0 Å². The summed E-state index contributed by atoms with van der Waals surface area (Å²) in [6.45, 7) is 5.20. The third-order valence-corrected chi connectivity index (χ3v) is 2.26. The molecule has 0 amide bonds. The molecule has 1 aliphatic rings. The Bertz CT molecular complexity index is 179. The molecule has 1 unspecified atom stereocenters. The summed E-state index contributed by atoms with van der Waals surface area (Å²) in [6, 6.07) is -0.281. The molecule has 0 bridgehead atoms. The molecule has 3 heteroatoms. The summed E-state index contributed by atoms with van der Waals surface area (Å²) in [7, 11) is 0. The van der Waals surface area contributed by atoms with E-state index in [-0.39, 0.29) is 6.04 Å². The first-order valence-electron chi connectivity index (χ1n) is 4.33. The Kier molecular flexibility index (Phi) is 3.29. The van der Waals surface area contributed by atoms with Crippen LogP contribution in [0.25, 0.3) is 0 Å². The Hall–Kier alpha value is -0.830. The van der Waals surface area contributed by atoms with Crippen LogP contribution in [0.3, 0.4) is 0 Å². The van der Waals surface area contributed by atoms with Crippen molar-refractivity contribution in [2.24, 2.45) is 0 Å². The Morgan fingerprint density at radius 2 is 2.42 bits per heavy atom. The molecule has 0 aromatic rings. The standard InChI is InChI=1S/C9H15NO2/c1-2-6-10-7-4-3-5-8(10)9(11)12/h2,8H,1,3-7H2,(H,11,12). The van der Waals surface area contributed by atoms with Crippen LogP contribution in [0.5, 0.6) is 0 Å². The van der Waals surface area contributed by atoms with E-state index >= 15 is 0 Å². The third-order valence-electron chi connectivity index (χ3n) is 2.26. The topological polar surface area (TPSA) is 40.5 Å². The van der Waals surface area contributed by atoms with Gasteiger partial charge in [-0.15, -0.1) is 6.58 Å². The number of aliphatic carboxylic acids is 1. The molecule has 68 valence electrons. The quantitative estimate of drug-likeness (QED) is 0.643. The van der Waals surface area contributed by atoms with E-state index in [1.165, 1.54) is 0 Å². The van der Waals surface area contributed by atoms with Crippen LogP contribution in [-0.2, 0) is 4.79 Å². The molecule has 0 aliphatic carbocycles. The first kappa shape index (κ1) is 9.26. The van der Waals surface area contributed by atoms with Crippen LogP contribution >= 0.6 is 0 Å². The summed E-state index contributed by atoms with van der Waals surface area (Å²) in [5, 5.41) is 8.86. The number of rotatable bonds is 3. The van der Waals surface area contributed by atoms with Crippen molar-refractivity contribution in [1.82, 2.24) is 4.90 Å². The monoisotopic (exact) mass is 169 g/mol. The molecule has 12 heavy (non-hydrogen) atoms.